The van der Waals surface area contributed by atoms with Crippen LogP contribution in [0, 0.1) is 0 Å². The van der Waals surface area contributed by atoms with E-state index in [-0.39, 0.29) is 17.9 Å². The fourth-order valence-electron chi connectivity index (χ4n) is 1.96. The molecule has 2 N–H and O–H groups in total. The first-order valence-electron chi connectivity index (χ1n) is 7.75. The molecule has 27 heavy (non-hydrogen) atoms. The maximum atomic E-state index is 12.2. The fourth-order valence-corrected chi connectivity index (χ4v) is 2.42. The van der Waals surface area contributed by atoms with E-state index in [4.69, 9.17) is 32.7 Å². The molecule has 0 radical (unpaired) electrons. The lowest BCUT2D eigenvalue weighted by atomic mass is 10.2. The number of rotatable bonds is 6. The lowest BCUT2D eigenvalue weighted by Gasteiger charge is -2.12. The first-order chi connectivity index (χ1) is 12.9. The van der Waals surface area contributed by atoms with E-state index in [1.54, 1.807) is 36.4 Å². The van der Waals surface area contributed by atoms with E-state index < -0.39 is 24.4 Å². The van der Waals surface area contributed by atoms with Gasteiger partial charge in [0.05, 0.1) is 0 Å². The number of nitrogens with one attached hydrogen (secondary N) is 2. The van der Waals surface area contributed by atoms with Crippen LogP contribution in [0.25, 0.3) is 0 Å². The minimum Gasteiger partial charge on any atom is -0.488 e. The predicted octanol–water partition coefficient (Wildman–Crippen LogP) is 2.90. The molecule has 0 aromatic heterocycles. The molecule has 0 spiro atoms. The minimum atomic E-state index is -0.745. The third-order valence-corrected chi connectivity index (χ3v) is 3.80. The Bertz CT molecular complexity index is 857. The molecule has 2 amide bonds. The van der Waals surface area contributed by atoms with Gasteiger partial charge in [0.2, 0.25) is 5.91 Å². The van der Waals surface area contributed by atoms with Gasteiger partial charge in [0.25, 0.3) is 5.91 Å². The van der Waals surface area contributed by atoms with Gasteiger partial charge in [-0.3, -0.25) is 20.4 Å². The standard InChI is InChI=1S/C18H16Cl2N2O5/c1-11(23)21-22-17(24)10-27-18(25)14-4-2-3-5-16(14)26-9-12-6-7-13(19)8-15(12)20/h2-8H,9-10H2,1H3,(H,21,23)(H,22,24). The van der Waals surface area contributed by atoms with E-state index in [1.807, 2.05) is 0 Å². The van der Waals surface area contributed by atoms with Crippen molar-refractivity contribution in [2.45, 2.75) is 13.5 Å². The average molecular weight is 411 g/mol. The van der Waals surface area contributed by atoms with Crippen LogP contribution in [0.2, 0.25) is 10.0 Å². The minimum absolute atomic E-state index is 0.114. The zero-order valence-corrected chi connectivity index (χ0v) is 15.8. The van der Waals surface area contributed by atoms with Crippen molar-refractivity contribution in [1.82, 2.24) is 10.9 Å². The maximum absolute atomic E-state index is 12.2. The summed E-state index contributed by atoms with van der Waals surface area (Å²) in [5.74, 6) is -1.60. The van der Waals surface area contributed by atoms with Crippen LogP contribution in [0.15, 0.2) is 42.5 Å². The third-order valence-electron chi connectivity index (χ3n) is 3.22. The summed E-state index contributed by atoms with van der Waals surface area (Å²) in [4.78, 5) is 34.4. The Morgan fingerprint density at radius 1 is 1.04 bits per heavy atom. The Morgan fingerprint density at radius 2 is 1.78 bits per heavy atom. The zero-order valence-electron chi connectivity index (χ0n) is 14.3. The van der Waals surface area contributed by atoms with E-state index in [0.717, 1.165) is 0 Å². The lowest BCUT2D eigenvalue weighted by molar-refractivity contribution is -0.129. The summed E-state index contributed by atoms with van der Waals surface area (Å²) < 4.78 is 10.6. The quantitative estimate of drug-likeness (QED) is 0.563. The van der Waals surface area contributed by atoms with E-state index in [1.165, 1.54) is 13.0 Å². The molecule has 0 fully saturated rings. The van der Waals surface area contributed by atoms with E-state index in [9.17, 15) is 14.4 Å². The Hall–Kier alpha value is -2.77. The molecule has 142 valence electrons. The summed E-state index contributed by atoms with van der Waals surface area (Å²) in [6.07, 6.45) is 0. The van der Waals surface area contributed by atoms with Crippen LogP contribution in [-0.2, 0) is 20.9 Å². The van der Waals surface area contributed by atoms with Crippen molar-refractivity contribution in [3.05, 3.63) is 63.6 Å². The van der Waals surface area contributed by atoms with Crippen molar-refractivity contribution in [1.29, 1.82) is 0 Å². The number of para-hydroxylation sites is 1. The molecule has 0 aliphatic heterocycles. The number of halogens is 2. The van der Waals surface area contributed by atoms with Gasteiger partial charge in [-0.15, -0.1) is 0 Å². The molecule has 2 aromatic carbocycles. The second-order valence-electron chi connectivity index (χ2n) is 5.33. The van der Waals surface area contributed by atoms with Crippen LogP contribution in [0.1, 0.15) is 22.8 Å². The zero-order chi connectivity index (χ0) is 19.8. The first kappa shape index (κ1) is 20.5. The van der Waals surface area contributed by atoms with Gasteiger partial charge >= 0.3 is 5.97 Å². The number of benzene rings is 2. The molecule has 2 rings (SSSR count). The normalized spacial score (nSPS) is 10.0. The highest BCUT2D eigenvalue weighted by molar-refractivity contribution is 6.35. The van der Waals surface area contributed by atoms with Crippen LogP contribution in [0.4, 0.5) is 0 Å². The molecule has 0 unspecified atom stereocenters. The number of esters is 1. The largest absolute Gasteiger partial charge is 0.488 e. The number of carbonyl (C=O) groups is 3. The molecule has 0 heterocycles. The number of ether oxygens (including phenoxy) is 2. The Labute approximate surface area is 165 Å². The highest BCUT2D eigenvalue weighted by atomic mass is 35.5. The van der Waals surface area contributed by atoms with Crippen molar-refractivity contribution in [3.8, 4) is 5.75 Å². The van der Waals surface area contributed by atoms with E-state index in [2.05, 4.69) is 10.9 Å². The molecule has 0 saturated carbocycles. The van der Waals surface area contributed by atoms with E-state index >= 15 is 0 Å². The predicted molar refractivity (Wildman–Crippen MR) is 99.5 cm³/mol. The summed E-state index contributed by atoms with van der Waals surface area (Å²) in [5, 5.41) is 0.947. The monoisotopic (exact) mass is 410 g/mol. The van der Waals surface area contributed by atoms with Gasteiger partial charge in [-0.05, 0) is 24.3 Å². The van der Waals surface area contributed by atoms with Gasteiger partial charge in [0.1, 0.15) is 17.9 Å². The number of hydrazine groups is 1. The maximum Gasteiger partial charge on any atom is 0.342 e. The molecule has 2 aromatic rings. The molecule has 0 aliphatic carbocycles. The molecule has 7 nitrogen and oxygen atoms in total. The Morgan fingerprint density at radius 3 is 2.48 bits per heavy atom. The summed E-state index contributed by atoms with van der Waals surface area (Å²) >= 11 is 12.0. The van der Waals surface area contributed by atoms with Crippen molar-refractivity contribution in [2.24, 2.45) is 0 Å². The van der Waals surface area contributed by atoms with Gasteiger partial charge in [-0.1, -0.05) is 41.4 Å². The first-order valence-corrected chi connectivity index (χ1v) is 8.50. The van der Waals surface area contributed by atoms with Gasteiger partial charge in [0.15, 0.2) is 6.61 Å². The molecule has 0 atom stereocenters. The van der Waals surface area contributed by atoms with Gasteiger partial charge in [-0.2, -0.15) is 0 Å². The second-order valence-corrected chi connectivity index (χ2v) is 6.17. The number of hydrogen-bond acceptors (Lipinski definition) is 5. The van der Waals surface area contributed by atoms with Crippen molar-refractivity contribution >= 4 is 41.0 Å². The fraction of sp³-hybridized carbons (Fsp3) is 0.167. The Kier molecular flexibility index (Phi) is 7.45. The third kappa shape index (κ3) is 6.47. The molecule has 0 aliphatic rings. The topological polar surface area (TPSA) is 93.7 Å². The van der Waals surface area contributed by atoms with Crippen LogP contribution in [0.5, 0.6) is 5.75 Å². The number of carbonyl (C=O) groups excluding carboxylic acids is 3. The van der Waals surface area contributed by atoms with Gasteiger partial charge < -0.3 is 9.47 Å². The highest BCUT2D eigenvalue weighted by Gasteiger charge is 2.16. The van der Waals surface area contributed by atoms with Crippen LogP contribution < -0.4 is 15.6 Å². The molecular weight excluding hydrogens is 395 g/mol. The van der Waals surface area contributed by atoms with Crippen LogP contribution in [0.3, 0.4) is 0 Å². The second kappa shape index (κ2) is 9.80. The van der Waals surface area contributed by atoms with E-state index in [0.29, 0.717) is 15.6 Å². The van der Waals surface area contributed by atoms with Gasteiger partial charge in [0, 0.05) is 22.5 Å². The van der Waals surface area contributed by atoms with Crippen molar-refractivity contribution < 1.29 is 23.9 Å². The number of amides is 2. The van der Waals surface area contributed by atoms with Crippen LogP contribution >= 0.6 is 23.2 Å². The molecular formula is C18H16Cl2N2O5. The summed E-state index contributed by atoms with van der Waals surface area (Å²) in [6, 6.07) is 11.4. The highest BCUT2D eigenvalue weighted by Crippen LogP contribution is 2.24. The lowest BCUT2D eigenvalue weighted by Crippen LogP contribution is -2.42. The van der Waals surface area contributed by atoms with Crippen molar-refractivity contribution in [3.63, 3.8) is 0 Å². The summed E-state index contributed by atoms with van der Waals surface area (Å²) in [7, 11) is 0. The molecule has 0 saturated heterocycles. The van der Waals surface area contributed by atoms with Gasteiger partial charge in [-0.25, -0.2) is 4.79 Å². The smallest absolute Gasteiger partial charge is 0.342 e. The average Bonchev–Trinajstić information content (AvgIpc) is 2.64. The summed E-state index contributed by atoms with van der Waals surface area (Å²) in [5.41, 5.74) is 5.02. The molecule has 0 bridgehead atoms. The SMILES string of the molecule is CC(=O)NNC(=O)COC(=O)c1ccccc1OCc1ccc(Cl)cc1Cl. The Balaban J connectivity index is 1.98. The van der Waals surface area contributed by atoms with Crippen molar-refractivity contribution in [2.75, 3.05) is 6.61 Å². The molecule has 9 heteroatoms. The number of hydrogen-bond donors (Lipinski definition) is 2. The summed E-state index contributed by atoms with van der Waals surface area (Å²) in [6.45, 7) is 0.784. The van der Waals surface area contributed by atoms with Crippen LogP contribution in [-0.4, -0.2) is 24.4 Å².